The van der Waals surface area contributed by atoms with Crippen LogP contribution in [0.3, 0.4) is 0 Å². The van der Waals surface area contributed by atoms with E-state index in [1.54, 1.807) is 12.4 Å². The van der Waals surface area contributed by atoms with Crippen LogP contribution in [-0.2, 0) is 0 Å². The van der Waals surface area contributed by atoms with Crippen LogP contribution in [0.5, 0.6) is 5.75 Å². The second-order valence-corrected chi connectivity index (χ2v) is 4.08. The lowest BCUT2D eigenvalue weighted by Crippen LogP contribution is -2.05. The lowest BCUT2D eigenvalue weighted by molar-refractivity contribution is 0.228. The number of nitrogens with zero attached hydrogens (tertiary/aromatic N) is 1. The normalized spacial score (nSPS) is 12.1. The number of aryl methyl sites for hydroxylation is 1. The van der Waals surface area contributed by atoms with Crippen molar-refractivity contribution < 1.29 is 4.74 Å². The highest BCUT2D eigenvalue weighted by Crippen LogP contribution is 2.27. The van der Waals surface area contributed by atoms with Crippen LogP contribution in [0.4, 0.5) is 5.69 Å². The third-order valence-electron chi connectivity index (χ3n) is 2.64. The minimum Gasteiger partial charge on any atom is -0.484 e. The lowest BCUT2D eigenvalue weighted by Gasteiger charge is -2.16. The highest BCUT2D eigenvalue weighted by molar-refractivity contribution is 5.54. The van der Waals surface area contributed by atoms with E-state index in [1.165, 1.54) is 0 Å². The van der Waals surface area contributed by atoms with Crippen molar-refractivity contribution in [1.29, 1.82) is 0 Å². The molecule has 1 unspecified atom stereocenters. The van der Waals surface area contributed by atoms with Crippen LogP contribution in [0, 0.1) is 6.92 Å². The van der Waals surface area contributed by atoms with Crippen LogP contribution in [0.15, 0.2) is 42.7 Å². The van der Waals surface area contributed by atoms with Crippen LogP contribution in [0.25, 0.3) is 0 Å². The predicted molar refractivity (Wildman–Crippen MR) is 68.9 cm³/mol. The molecule has 0 aliphatic carbocycles. The van der Waals surface area contributed by atoms with E-state index in [-0.39, 0.29) is 6.10 Å². The Morgan fingerprint density at radius 2 is 1.88 bits per heavy atom. The van der Waals surface area contributed by atoms with Crippen LogP contribution in [0.2, 0.25) is 0 Å². The molecule has 0 aliphatic heterocycles. The Kier molecular flexibility index (Phi) is 3.28. The molecule has 0 bridgehead atoms. The second kappa shape index (κ2) is 4.87. The molecule has 1 aromatic heterocycles. The molecule has 2 aromatic rings. The number of pyridine rings is 1. The van der Waals surface area contributed by atoms with Crippen molar-refractivity contribution in [3.8, 4) is 5.75 Å². The molecule has 88 valence electrons. The molecule has 1 aromatic carbocycles. The summed E-state index contributed by atoms with van der Waals surface area (Å²) >= 11 is 0. The summed E-state index contributed by atoms with van der Waals surface area (Å²) in [6.07, 6.45) is 3.48. The fourth-order valence-corrected chi connectivity index (χ4v) is 1.67. The van der Waals surface area contributed by atoms with Gasteiger partial charge in [0, 0.05) is 12.4 Å². The van der Waals surface area contributed by atoms with Gasteiger partial charge in [-0.25, -0.2) is 0 Å². The molecule has 0 radical (unpaired) electrons. The van der Waals surface area contributed by atoms with Gasteiger partial charge in [-0.15, -0.1) is 0 Å². The number of anilines is 1. The van der Waals surface area contributed by atoms with Crippen molar-refractivity contribution in [3.05, 3.63) is 53.9 Å². The minimum absolute atomic E-state index is 0.0389. The van der Waals surface area contributed by atoms with Gasteiger partial charge in [-0.2, -0.15) is 0 Å². The average Bonchev–Trinajstić information content (AvgIpc) is 2.34. The van der Waals surface area contributed by atoms with Crippen molar-refractivity contribution in [1.82, 2.24) is 4.98 Å². The molecular formula is C14H16N2O. The smallest absolute Gasteiger partial charge is 0.143 e. The lowest BCUT2D eigenvalue weighted by atomic mass is 10.1. The van der Waals surface area contributed by atoms with Crippen LogP contribution in [0.1, 0.15) is 24.2 Å². The number of ether oxygens (including phenoxy) is 1. The highest BCUT2D eigenvalue weighted by atomic mass is 16.5. The van der Waals surface area contributed by atoms with E-state index in [1.807, 2.05) is 44.2 Å². The molecule has 2 N–H and O–H groups in total. The molecule has 0 amide bonds. The molecular weight excluding hydrogens is 212 g/mol. The maximum Gasteiger partial charge on any atom is 0.143 e. The summed E-state index contributed by atoms with van der Waals surface area (Å²) < 4.78 is 5.83. The van der Waals surface area contributed by atoms with Gasteiger partial charge in [0.15, 0.2) is 0 Å². The van der Waals surface area contributed by atoms with E-state index in [4.69, 9.17) is 10.5 Å². The molecule has 2 rings (SSSR count). The predicted octanol–water partition coefficient (Wildman–Crippen LogP) is 3.11. The molecule has 0 aliphatic rings. The fourth-order valence-electron chi connectivity index (χ4n) is 1.67. The number of nitrogens with two attached hydrogens (primary N) is 1. The first-order chi connectivity index (χ1) is 8.16. The SMILES string of the molecule is Cc1ccc(OC(C)c2ccncc2)c(N)c1. The first kappa shape index (κ1) is 11.5. The Hall–Kier alpha value is -2.03. The maximum absolute atomic E-state index is 5.91. The second-order valence-electron chi connectivity index (χ2n) is 4.08. The van der Waals surface area contributed by atoms with Crippen molar-refractivity contribution >= 4 is 5.69 Å². The molecule has 0 fully saturated rings. The molecule has 17 heavy (non-hydrogen) atoms. The Morgan fingerprint density at radius 3 is 2.53 bits per heavy atom. The van der Waals surface area contributed by atoms with Gasteiger partial charge in [-0.1, -0.05) is 6.07 Å². The van der Waals surface area contributed by atoms with Gasteiger partial charge >= 0.3 is 0 Å². The van der Waals surface area contributed by atoms with Gasteiger partial charge < -0.3 is 10.5 Å². The largest absolute Gasteiger partial charge is 0.484 e. The first-order valence-corrected chi connectivity index (χ1v) is 5.59. The molecule has 1 heterocycles. The number of aromatic nitrogens is 1. The standard InChI is InChI=1S/C14H16N2O/c1-10-3-4-14(13(15)9-10)17-11(2)12-5-7-16-8-6-12/h3-9,11H,15H2,1-2H3. The number of hydrogen-bond donors (Lipinski definition) is 1. The number of nitrogen functional groups attached to an aromatic ring is 1. The Balaban J connectivity index is 2.16. The quantitative estimate of drug-likeness (QED) is 0.821. The summed E-state index contributed by atoms with van der Waals surface area (Å²) in [5.41, 5.74) is 8.80. The van der Waals surface area contributed by atoms with Crippen LogP contribution in [-0.4, -0.2) is 4.98 Å². The van der Waals surface area contributed by atoms with Crippen molar-refractivity contribution in [2.24, 2.45) is 0 Å². The number of rotatable bonds is 3. The maximum atomic E-state index is 5.91. The van der Waals surface area contributed by atoms with Crippen LogP contribution >= 0.6 is 0 Å². The van der Waals surface area contributed by atoms with E-state index in [0.29, 0.717) is 5.69 Å². The van der Waals surface area contributed by atoms with E-state index in [9.17, 15) is 0 Å². The van der Waals surface area contributed by atoms with Gasteiger partial charge in [0.2, 0.25) is 0 Å². The molecule has 3 heteroatoms. The molecule has 0 saturated heterocycles. The van der Waals surface area contributed by atoms with E-state index >= 15 is 0 Å². The molecule has 0 spiro atoms. The summed E-state index contributed by atoms with van der Waals surface area (Å²) in [5.74, 6) is 0.722. The van der Waals surface area contributed by atoms with Gasteiger partial charge in [0.05, 0.1) is 5.69 Å². The van der Waals surface area contributed by atoms with Gasteiger partial charge in [-0.3, -0.25) is 4.98 Å². The van der Waals surface area contributed by atoms with Crippen molar-refractivity contribution in [2.45, 2.75) is 20.0 Å². The van der Waals surface area contributed by atoms with Crippen molar-refractivity contribution in [3.63, 3.8) is 0 Å². The third-order valence-corrected chi connectivity index (χ3v) is 2.64. The Morgan fingerprint density at radius 1 is 1.18 bits per heavy atom. The van der Waals surface area contributed by atoms with Gasteiger partial charge in [0.25, 0.3) is 0 Å². The highest BCUT2D eigenvalue weighted by Gasteiger charge is 2.08. The Labute approximate surface area is 101 Å². The van der Waals surface area contributed by atoms with Gasteiger partial charge in [-0.05, 0) is 49.2 Å². The first-order valence-electron chi connectivity index (χ1n) is 5.59. The zero-order chi connectivity index (χ0) is 12.3. The summed E-state index contributed by atoms with van der Waals surface area (Å²) in [5, 5.41) is 0. The van der Waals surface area contributed by atoms with E-state index < -0.39 is 0 Å². The molecule has 3 nitrogen and oxygen atoms in total. The summed E-state index contributed by atoms with van der Waals surface area (Å²) in [7, 11) is 0. The molecule has 0 saturated carbocycles. The number of hydrogen-bond acceptors (Lipinski definition) is 3. The Bertz CT molecular complexity index is 497. The van der Waals surface area contributed by atoms with Gasteiger partial charge in [0.1, 0.15) is 11.9 Å². The summed E-state index contributed by atoms with van der Waals surface area (Å²) in [4.78, 5) is 3.98. The number of benzene rings is 1. The van der Waals surface area contributed by atoms with E-state index in [2.05, 4.69) is 4.98 Å². The summed E-state index contributed by atoms with van der Waals surface area (Å²) in [6.45, 7) is 4.00. The molecule has 1 atom stereocenters. The van der Waals surface area contributed by atoms with E-state index in [0.717, 1.165) is 16.9 Å². The third kappa shape index (κ3) is 2.75. The summed E-state index contributed by atoms with van der Waals surface area (Å²) in [6, 6.07) is 9.69. The zero-order valence-corrected chi connectivity index (χ0v) is 10.1. The zero-order valence-electron chi connectivity index (χ0n) is 10.1. The average molecular weight is 228 g/mol. The van der Waals surface area contributed by atoms with Crippen molar-refractivity contribution in [2.75, 3.05) is 5.73 Å². The topological polar surface area (TPSA) is 48.1 Å². The monoisotopic (exact) mass is 228 g/mol. The fraction of sp³-hybridized carbons (Fsp3) is 0.214. The van der Waals surface area contributed by atoms with Crippen LogP contribution < -0.4 is 10.5 Å². The minimum atomic E-state index is -0.0389.